The molecule has 1 saturated heterocycles. The van der Waals surface area contributed by atoms with Crippen LogP contribution in [0.25, 0.3) is 0 Å². The number of carbonyl (C=O) groups is 1. The van der Waals surface area contributed by atoms with E-state index in [0.717, 1.165) is 36.3 Å². The third kappa shape index (κ3) is 4.58. The third-order valence-corrected chi connectivity index (χ3v) is 6.28. The second-order valence-corrected chi connectivity index (χ2v) is 8.37. The van der Waals surface area contributed by atoms with Crippen molar-refractivity contribution < 1.29 is 9.90 Å². The number of amides is 1. The number of fused-ring (bicyclic) bond motifs is 1. The molecule has 1 heterocycles. The number of carbonyl (C=O) groups excluding carboxylic acids is 1. The van der Waals surface area contributed by atoms with Gasteiger partial charge in [0.15, 0.2) is 0 Å². The number of nitrogens with one attached hydrogen (secondary N) is 1. The lowest BCUT2D eigenvalue weighted by Gasteiger charge is -2.31. The molecule has 2 aromatic carbocycles. The van der Waals surface area contributed by atoms with Gasteiger partial charge in [0.25, 0.3) is 5.91 Å². The van der Waals surface area contributed by atoms with Crippen molar-refractivity contribution in [1.29, 1.82) is 0 Å². The van der Waals surface area contributed by atoms with Crippen LogP contribution in [0.5, 0.6) is 0 Å². The zero-order valence-electron chi connectivity index (χ0n) is 15.9. The van der Waals surface area contributed by atoms with Gasteiger partial charge in [-0.3, -0.25) is 4.79 Å². The number of aliphatic hydroxyl groups is 1. The highest BCUT2D eigenvalue weighted by Crippen LogP contribution is 2.33. The van der Waals surface area contributed by atoms with E-state index in [4.69, 9.17) is 23.2 Å². The third-order valence-electron chi connectivity index (χ3n) is 5.54. The fourth-order valence-electron chi connectivity index (χ4n) is 3.90. The van der Waals surface area contributed by atoms with E-state index in [-0.39, 0.29) is 5.91 Å². The smallest absolute Gasteiger partial charge is 0.251 e. The Hall–Kier alpha value is -2.08. The molecule has 2 aromatic rings. The number of likely N-dealkylation sites (tertiary alicyclic amines) is 1. The van der Waals surface area contributed by atoms with Crippen molar-refractivity contribution in [3.8, 4) is 0 Å². The highest BCUT2D eigenvalue weighted by molar-refractivity contribution is 6.42. The molecule has 1 amide bonds. The summed E-state index contributed by atoms with van der Waals surface area (Å²) in [5.74, 6) is -0.300. The number of halogens is 2. The van der Waals surface area contributed by atoms with Gasteiger partial charge in [-0.05, 0) is 67.1 Å². The molecule has 0 aromatic heterocycles. The van der Waals surface area contributed by atoms with Gasteiger partial charge in [-0.1, -0.05) is 29.3 Å². The van der Waals surface area contributed by atoms with E-state index in [1.807, 2.05) is 24.5 Å². The molecule has 0 bridgehead atoms. The molecule has 2 N–H and O–H groups in total. The van der Waals surface area contributed by atoms with Gasteiger partial charge in [0.1, 0.15) is 0 Å². The highest BCUT2D eigenvalue weighted by atomic mass is 35.5. The first kappa shape index (κ1) is 20.2. The molecular weight excluding hydrogens is 409 g/mol. The van der Waals surface area contributed by atoms with Gasteiger partial charge in [-0.2, -0.15) is 0 Å². The van der Waals surface area contributed by atoms with Gasteiger partial charge in [-0.25, -0.2) is 4.99 Å². The number of aliphatic imine (C=N–C) groups is 1. The Balaban J connectivity index is 1.56. The minimum absolute atomic E-state index is 0.300. The average Bonchev–Trinajstić information content (AvgIpc) is 3.24. The van der Waals surface area contributed by atoms with Gasteiger partial charge in [-0.15, -0.1) is 0 Å². The largest absolute Gasteiger partial charge is 0.391 e. The van der Waals surface area contributed by atoms with Crippen molar-refractivity contribution in [1.82, 2.24) is 10.2 Å². The van der Waals surface area contributed by atoms with Crippen LogP contribution in [0.2, 0.25) is 10.0 Å². The topological polar surface area (TPSA) is 64.9 Å². The number of aliphatic hydroxyl groups excluding tert-OH is 1. The van der Waals surface area contributed by atoms with Crippen LogP contribution in [0.15, 0.2) is 41.4 Å². The monoisotopic (exact) mass is 431 g/mol. The molecule has 5 nitrogen and oxygen atoms in total. The average molecular weight is 432 g/mol. The van der Waals surface area contributed by atoms with E-state index in [1.165, 1.54) is 18.9 Å². The maximum Gasteiger partial charge on any atom is 0.251 e. The Labute approximate surface area is 180 Å². The second-order valence-electron chi connectivity index (χ2n) is 7.56. The first-order valence-electron chi connectivity index (χ1n) is 9.86. The summed E-state index contributed by atoms with van der Waals surface area (Å²) in [7, 11) is 0. The van der Waals surface area contributed by atoms with Crippen LogP contribution in [-0.2, 0) is 6.42 Å². The number of hydrogen-bond donors (Lipinski definition) is 2. The molecule has 7 heteroatoms. The molecular formula is C22H23Cl2N3O2. The predicted octanol–water partition coefficient (Wildman–Crippen LogP) is 4.53. The van der Waals surface area contributed by atoms with Crippen LogP contribution in [0.4, 0.5) is 5.69 Å². The lowest BCUT2D eigenvalue weighted by molar-refractivity contribution is 0.0792. The summed E-state index contributed by atoms with van der Waals surface area (Å²) < 4.78 is 0. The van der Waals surface area contributed by atoms with Crippen LogP contribution in [0, 0.1) is 0 Å². The number of hydrogen-bond acceptors (Lipinski definition) is 3. The fourth-order valence-corrected chi connectivity index (χ4v) is 4.20. The molecule has 0 radical (unpaired) electrons. The van der Waals surface area contributed by atoms with E-state index in [9.17, 15) is 9.90 Å². The van der Waals surface area contributed by atoms with Crippen molar-refractivity contribution in [2.45, 2.75) is 37.8 Å². The minimum Gasteiger partial charge on any atom is -0.391 e. The normalized spacial score (nSPS) is 21.4. The summed E-state index contributed by atoms with van der Waals surface area (Å²) in [5.41, 5.74) is 3.25. The SMILES string of the molecule is O=C(N[C@@H]1c2cc(N=CN3CCCC3)ccc2CC[C@H]1O)c1ccc(Cl)c(Cl)c1. The van der Waals surface area contributed by atoms with Crippen molar-refractivity contribution in [3.05, 3.63) is 63.1 Å². The Kier molecular flexibility index (Phi) is 6.09. The first-order valence-corrected chi connectivity index (χ1v) is 10.6. The number of rotatable bonds is 4. The zero-order valence-corrected chi connectivity index (χ0v) is 17.5. The second kappa shape index (κ2) is 8.74. The zero-order chi connectivity index (χ0) is 20.4. The van der Waals surface area contributed by atoms with Crippen LogP contribution in [0.3, 0.4) is 0 Å². The molecule has 0 unspecified atom stereocenters. The summed E-state index contributed by atoms with van der Waals surface area (Å²) in [6, 6.07) is 10.2. The molecule has 152 valence electrons. The Morgan fingerprint density at radius 2 is 1.93 bits per heavy atom. The van der Waals surface area contributed by atoms with Crippen LogP contribution in [0.1, 0.15) is 46.8 Å². The van der Waals surface area contributed by atoms with Gasteiger partial charge < -0.3 is 15.3 Å². The van der Waals surface area contributed by atoms with E-state index in [2.05, 4.69) is 15.2 Å². The summed E-state index contributed by atoms with van der Waals surface area (Å²) in [5, 5.41) is 14.3. The minimum atomic E-state index is -0.660. The maximum absolute atomic E-state index is 12.8. The molecule has 4 rings (SSSR count). The summed E-state index contributed by atoms with van der Waals surface area (Å²) in [4.78, 5) is 19.6. The molecule has 1 aliphatic heterocycles. The molecule has 2 atom stereocenters. The van der Waals surface area contributed by atoms with Crippen molar-refractivity contribution in [3.63, 3.8) is 0 Å². The number of nitrogens with zero attached hydrogens (tertiary/aromatic N) is 2. The van der Waals surface area contributed by atoms with Crippen molar-refractivity contribution in [2.75, 3.05) is 13.1 Å². The summed E-state index contributed by atoms with van der Waals surface area (Å²) in [6.07, 6.45) is 4.99. The Bertz CT molecular complexity index is 942. The van der Waals surface area contributed by atoms with Gasteiger partial charge in [0.2, 0.25) is 0 Å². The molecule has 2 aliphatic rings. The Morgan fingerprint density at radius 1 is 1.14 bits per heavy atom. The molecule has 0 spiro atoms. The van der Waals surface area contributed by atoms with E-state index >= 15 is 0 Å². The van der Waals surface area contributed by atoms with Crippen LogP contribution >= 0.6 is 23.2 Å². The number of benzene rings is 2. The molecule has 29 heavy (non-hydrogen) atoms. The lowest BCUT2D eigenvalue weighted by Crippen LogP contribution is -2.39. The molecule has 1 aliphatic carbocycles. The van der Waals surface area contributed by atoms with Gasteiger partial charge in [0, 0.05) is 18.7 Å². The maximum atomic E-state index is 12.8. The van der Waals surface area contributed by atoms with Crippen molar-refractivity contribution in [2.24, 2.45) is 4.99 Å². The van der Waals surface area contributed by atoms with Gasteiger partial charge >= 0.3 is 0 Å². The van der Waals surface area contributed by atoms with Crippen molar-refractivity contribution >= 4 is 41.1 Å². The van der Waals surface area contributed by atoms with E-state index in [1.54, 1.807) is 12.1 Å². The Morgan fingerprint density at radius 3 is 2.69 bits per heavy atom. The van der Waals surface area contributed by atoms with Gasteiger partial charge in [0.05, 0.1) is 34.2 Å². The lowest BCUT2D eigenvalue weighted by atomic mass is 9.85. The first-order chi connectivity index (χ1) is 14.0. The van der Waals surface area contributed by atoms with E-state index < -0.39 is 12.1 Å². The summed E-state index contributed by atoms with van der Waals surface area (Å²) >= 11 is 12.0. The standard InChI is InChI=1S/C22H23Cl2N3O2/c23-18-7-4-15(11-19(18)24)22(29)26-21-17-12-16(25-13-27-9-1-2-10-27)6-3-14(17)5-8-20(21)28/h3-4,6-7,11-13,20-21,28H,1-2,5,8-10H2,(H,26,29)/t20-,21-/m1/s1. The number of aryl methyl sites for hydroxylation is 1. The molecule has 0 saturated carbocycles. The predicted molar refractivity (Wildman–Crippen MR) is 116 cm³/mol. The summed E-state index contributed by atoms with van der Waals surface area (Å²) in [6.45, 7) is 2.07. The fraction of sp³-hybridized carbons (Fsp3) is 0.364. The van der Waals surface area contributed by atoms with E-state index in [0.29, 0.717) is 22.0 Å². The highest BCUT2D eigenvalue weighted by Gasteiger charge is 2.30. The van der Waals surface area contributed by atoms with Crippen LogP contribution < -0.4 is 5.32 Å². The molecule has 1 fully saturated rings. The quantitative estimate of drug-likeness (QED) is 0.551. The van der Waals surface area contributed by atoms with Crippen LogP contribution in [-0.4, -0.2) is 41.4 Å².